The van der Waals surface area contributed by atoms with Gasteiger partial charge in [-0.25, -0.2) is 0 Å². The van der Waals surface area contributed by atoms with E-state index in [9.17, 15) is 5.11 Å². The molecule has 1 saturated heterocycles. The number of likely N-dealkylation sites (tertiary alicyclic amines) is 1. The van der Waals surface area contributed by atoms with E-state index < -0.39 is 0 Å². The van der Waals surface area contributed by atoms with E-state index in [1.807, 2.05) is 0 Å². The summed E-state index contributed by atoms with van der Waals surface area (Å²) in [6, 6.07) is 1.43. The summed E-state index contributed by atoms with van der Waals surface area (Å²) >= 11 is 0. The Labute approximate surface area is 130 Å². The molecule has 3 atom stereocenters. The lowest BCUT2D eigenvalue weighted by Crippen LogP contribution is -2.52. The Kier molecular flexibility index (Phi) is 5.58. The van der Waals surface area contributed by atoms with Crippen molar-refractivity contribution in [1.82, 2.24) is 10.2 Å². The Morgan fingerprint density at radius 1 is 1.10 bits per heavy atom. The van der Waals surface area contributed by atoms with Crippen molar-refractivity contribution in [2.45, 2.75) is 82.9 Å². The fraction of sp³-hybridized carbons (Fsp3) is 1.00. The second-order valence-electron chi connectivity index (χ2n) is 7.85. The van der Waals surface area contributed by atoms with Crippen LogP contribution in [0.25, 0.3) is 0 Å². The minimum absolute atomic E-state index is 0.0243. The van der Waals surface area contributed by atoms with Gasteiger partial charge in [0.05, 0.1) is 6.10 Å². The zero-order chi connectivity index (χ0) is 14.7. The fourth-order valence-corrected chi connectivity index (χ4v) is 4.53. The van der Waals surface area contributed by atoms with Crippen LogP contribution in [-0.2, 0) is 0 Å². The van der Waals surface area contributed by atoms with Gasteiger partial charge in [0, 0.05) is 25.2 Å². The van der Waals surface area contributed by atoms with Crippen LogP contribution in [0, 0.1) is 11.8 Å². The van der Waals surface area contributed by atoms with Crippen molar-refractivity contribution in [3.8, 4) is 0 Å². The number of piperidine rings is 1. The topological polar surface area (TPSA) is 35.5 Å². The highest BCUT2D eigenvalue weighted by Crippen LogP contribution is 2.36. The second-order valence-corrected chi connectivity index (χ2v) is 7.85. The number of hydrogen-bond acceptors (Lipinski definition) is 3. The van der Waals surface area contributed by atoms with Gasteiger partial charge in [0.2, 0.25) is 0 Å². The van der Waals surface area contributed by atoms with Crippen LogP contribution >= 0.6 is 0 Å². The minimum atomic E-state index is -0.0243. The average molecular weight is 294 g/mol. The number of aliphatic hydroxyl groups excluding tert-OH is 1. The predicted octanol–water partition coefficient (Wildman–Crippen LogP) is 2.78. The van der Waals surface area contributed by atoms with Crippen LogP contribution < -0.4 is 5.32 Å². The van der Waals surface area contributed by atoms with E-state index in [4.69, 9.17) is 0 Å². The van der Waals surface area contributed by atoms with Crippen molar-refractivity contribution >= 4 is 0 Å². The lowest BCUT2D eigenvalue weighted by Gasteiger charge is -2.40. The Bertz CT molecular complexity index is 300. The number of hydrogen-bond donors (Lipinski definition) is 2. The molecule has 2 aliphatic carbocycles. The zero-order valence-electron chi connectivity index (χ0n) is 13.8. The van der Waals surface area contributed by atoms with Gasteiger partial charge in [0.15, 0.2) is 0 Å². The quantitative estimate of drug-likeness (QED) is 0.758. The van der Waals surface area contributed by atoms with Gasteiger partial charge < -0.3 is 15.3 Å². The van der Waals surface area contributed by atoms with Gasteiger partial charge in [0.1, 0.15) is 0 Å². The SMILES string of the molecule is CCCN1CC(CC(O)C2CC2)CC(NC2CCCC2)C1. The van der Waals surface area contributed by atoms with Crippen LogP contribution in [0.1, 0.15) is 64.7 Å². The predicted molar refractivity (Wildman–Crippen MR) is 87.4 cm³/mol. The Morgan fingerprint density at radius 3 is 2.52 bits per heavy atom. The maximum absolute atomic E-state index is 10.3. The summed E-state index contributed by atoms with van der Waals surface area (Å²) < 4.78 is 0. The molecule has 3 rings (SSSR count). The molecule has 122 valence electrons. The molecule has 0 aromatic carbocycles. The van der Waals surface area contributed by atoms with E-state index in [0.29, 0.717) is 17.9 Å². The van der Waals surface area contributed by atoms with E-state index in [1.165, 1.54) is 71.0 Å². The molecule has 3 fully saturated rings. The molecule has 2 N–H and O–H groups in total. The van der Waals surface area contributed by atoms with Gasteiger partial charge in [0.25, 0.3) is 0 Å². The fourth-order valence-electron chi connectivity index (χ4n) is 4.53. The molecule has 3 unspecified atom stereocenters. The molecular weight excluding hydrogens is 260 g/mol. The molecule has 0 spiro atoms. The molecule has 3 heteroatoms. The molecule has 0 aromatic heterocycles. The van der Waals surface area contributed by atoms with Crippen molar-refractivity contribution in [2.75, 3.05) is 19.6 Å². The summed E-state index contributed by atoms with van der Waals surface area (Å²) in [4.78, 5) is 2.64. The number of aliphatic hydroxyl groups is 1. The first-order chi connectivity index (χ1) is 10.2. The maximum atomic E-state index is 10.3. The van der Waals surface area contributed by atoms with Crippen molar-refractivity contribution in [2.24, 2.45) is 11.8 Å². The second kappa shape index (κ2) is 7.43. The Morgan fingerprint density at radius 2 is 1.86 bits per heavy atom. The highest BCUT2D eigenvalue weighted by atomic mass is 16.3. The Hall–Kier alpha value is -0.120. The van der Waals surface area contributed by atoms with Crippen molar-refractivity contribution in [3.63, 3.8) is 0 Å². The molecule has 2 saturated carbocycles. The average Bonchev–Trinajstić information content (AvgIpc) is 3.18. The monoisotopic (exact) mass is 294 g/mol. The van der Waals surface area contributed by atoms with Crippen molar-refractivity contribution in [1.29, 1.82) is 0 Å². The lowest BCUT2D eigenvalue weighted by atomic mass is 9.88. The standard InChI is InChI=1S/C18H34N2O/c1-2-9-20-12-14(11-18(21)15-7-8-15)10-17(13-20)19-16-5-3-4-6-16/h14-19,21H,2-13H2,1H3. The van der Waals surface area contributed by atoms with Gasteiger partial charge in [-0.1, -0.05) is 19.8 Å². The lowest BCUT2D eigenvalue weighted by molar-refractivity contribution is 0.0728. The van der Waals surface area contributed by atoms with Crippen molar-refractivity contribution < 1.29 is 5.11 Å². The van der Waals surface area contributed by atoms with Gasteiger partial charge >= 0.3 is 0 Å². The van der Waals surface area contributed by atoms with Crippen LogP contribution in [-0.4, -0.2) is 47.8 Å². The summed E-state index contributed by atoms with van der Waals surface area (Å²) in [5, 5.41) is 14.2. The molecule has 0 radical (unpaired) electrons. The van der Waals surface area contributed by atoms with Crippen LogP contribution in [0.4, 0.5) is 0 Å². The molecule has 1 heterocycles. The van der Waals surface area contributed by atoms with Crippen LogP contribution in [0.2, 0.25) is 0 Å². The maximum Gasteiger partial charge on any atom is 0.0571 e. The summed E-state index contributed by atoms with van der Waals surface area (Å²) in [5.74, 6) is 1.33. The van der Waals surface area contributed by atoms with Crippen molar-refractivity contribution in [3.05, 3.63) is 0 Å². The van der Waals surface area contributed by atoms with Gasteiger partial charge in [-0.3, -0.25) is 0 Å². The highest BCUT2D eigenvalue weighted by Gasteiger charge is 2.35. The molecular formula is C18H34N2O. The summed E-state index contributed by atoms with van der Waals surface area (Å²) in [7, 11) is 0. The highest BCUT2D eigenvalue weighted by molar-refractivity contribution is 4.90. The molecule has 0 amide bonds. The Balaban J connectivity index is 1.51. The van der Waals surface area contributed by atoms with Crippen LogP contribution in [0.5, 0.6) is 0 Å². The smallest absolute Gasteiger partial charge is 0.0571 e. The van der Waals surface area contributed by atoms with Gasteiger partial charge in [-0.2, -0.15) is 0 Å². The summed E-state index contributed by atoms with van der Waals surface area (Å²) in [6.07, 6.45) is 11.6. The summed E-state index contributed by atoms with van der Waals surface area (Å²) in [6.45, 7) is 5.93. The minimum Gasteiger partial charge on any atom is -0.393 e. The molecule has 1 aliphatic heterocycles. The van der Waals surface area contributed by atoms with E-state index in [2.05, 4.69) is 17.1 Å². The third-order valence-corrected chi connectivity index (χ3v) is 5.72. The molecule has 21 heavy (non-hydrogen) atoms. The third-order valence-electron chi connectivity index (χ3n) is 5.72. The number of rotatable bonds is 7. The van der Waals surface area contributed by atoms with Gasteiger partial charge in [-0.05, 0) is 63.3 Å². The van der Waals surface area contributed by atoms with Gasteiger partial charge in [-0.15, -0.1) is 0 Å². The van der Waals surface area contributed by atoms with E-state index in [1.54, 1.807) is 0 Å². The molecule has 0 aromatic rings. The van der Waals surface area contributed by atoms with E-state index in [-0.39, 0.29) is 6.10 Å². The first-order valence-electron chi connectivity index (χ1n) is 9.41. The normalized spacial score (nSPS) is 33.4. The zero-order valence-corrected chi connectivity index (χ0v) is 13.8. The van der Waals surface area contributed by atoms with E-state index in [0.717, 1.165) is 12.5 Å². The molecule has 3 nitrogen and oxygen atoms in total. The van der Waals surface area contributed by atoms with E-state index >= 15 is 0 Å². The first-order valence-corrected chi connectivity index (χ1v) is 9.41. The van der Waals surface area contributed by atoms with Crippen LogP contribution in [0.15, 0.2) is 0 Å². The van der Waals surface area contributed by atoms with Crippen LogP contribution in [0.3, 0.4) is 0 Å². The first kappa shape index (κ1) is 15.8. The molecule has 0 bridgehead atoms. The largest absolute Gasteiger partial charge is 0.393 e. The summed E-state index contributed by atoms with van der Waals surface area (Å²) in [5.41, 5.74) is 0. The third kappa shape index (κ3) is 4.67. The number of nitrogens with zero attached hydrogens (tertiary/aromatic N) is 1. The molecule has 3 aliphatic rings. The number of nitrogens with one attached hydrogen (secondary N) is 1.